The number of nitriles is 1. The van der Waals surface area contributed by atoms with E-state index in [0.29, 0.717) is 16.5 Å². The quantitative estimate of drug-likeness (QED) is 0.311. The third kappa shape index (κ3) is 5.32. The molecular formula is C29H37N5OS3. The van der Waals surface area contributed by atoms with E-state index in [9.17, 15) is 10.1 Å². The van der Waals surface area contributed by atoms with Gasteiger partial charge in [0.1, 0.15) is 11.1 Å². The lowest BCUT2D eigenvalue weighted by molar-refractivity contribution is -0.113. The highest BCUT2D eigenvalue weighted by atomic mass is 32.2. The predicted octanol–water partition coefficient (Wildman–Crippen LogP) is 7.53. The summed E-state index contributed by atoms with van der Waals surface area (Å²) in [6.45, 7) is 13.5. The van der Waals surface area contributed by atoms with Crippen LogP contribution in [0.3, 0.4) is 0 Å². The van der Waals surface area contributed by atoms with Crippen molar-refractivity contribution in [2.24, 2.45) is 17.3 Å². The average Bonchev–Trinajstić information content (AvgIpc) is 3.55. The van der Waals surface area contributed by atoms with E-state index in [-0.39, 0.29) is 23.1 Å². The first-order valence-corrected chi connectivity index (χ1v) is 16.3. The molecule has 0 aliphatic heterocycles. The Morgan fingerprint density at radius 1 is 1.21 bits per heavy atom. The van der Waals surface area contributed by atoms with Gasteiger partial charge in [-0.2, -0.15) is 5.26 Å². The van der Waals surface area contributed by atoms with Crippen molar-refractivity contribution >= 4 is 45.3 Å². The third-order valence-corrected chi connectivity index (χ3v) is 11.2. The highest BCUT2D eigenvalue weighted by Gasteiger charge is 2.32. The average molecular weight is 568 g/mol. The zero-order valence-electron chi connectivity index (χ0n) is 23.2. The van der Waals surface area contributed by atoms with Crippen molar-refractivity contribution < 1.29 is 4.79 Å². The Labute approximate surface area is 238 Å². The van der Waals surface area contributed by atoms with E-state index < -0.39 is 0 Å². The maximum absolute atomic E-state index is 13.0. The van der Waals surface area contributed by atoms with Gasteiger partial charge >= 0.3 is 0 Å². The molecule has 9 heteroatoms. The van der Waals surface area contributed by atoms with Crippen LogP contribution in [0.5, 0.6) is 0 Å². The molecule has 3 heterocycles. The van der Waals surface area contributed by atoms with Gasteiger partial charge in [0.25, 0.3) is 0 Å². The molecule has 0 saturated carbocycles. The molecule has 2 unspecified atom stereocenters. The minimum absolute atomic E-state index is 0.112. The first kappa shape index (κ1) is 27.4. The molecule has 38 heavy (non-hydrogen) atoms. The number of thioether (sulfide) groups is 1. The molecule has 5 rings (SSSR count). The van der Waals surface area contributed by atoms with Crippen LogP contribution in [-0.4, -0.2) is 26.4 Å². The van der Waals surface area contributed by atoms with Gasteiger partial charge in [-0.05, 0) is 80.8 Å². The molecule has 2 atom stereocenters. The predicted molar refractivity (Wildman–Crippen MR) is 158 cm³/mol. The van der Waals surface area contributed by atoms with E-state index in [1.165, 1.54) is 39.1 Å². The smallest absolute Gasteiger partial charge is 0.235 e. The summed E-state index contributed by atoms with van der Waals surface area (Å²) < 4.78 is 2.16. The van der Waals surface area contributed by atoms with Gasteiger partial charge in [-0.1, -0.05) is 39.5 Å². The highest BCUT2D eigenvalue weighted by Crippen LogP contribution is 2.44. The van der Waals surface area contributed by atoms with Gasteiger partial charge in [0.2, 0.25) is 5.91 Å². The van der Waals surface area contributed by atoms with Crippen LogP contribution in [0, 0.1) is 28.6 Å². The molecule has 1 amide bonds. The maximum Gasteiger partial charge on any atom is 0.235 e. The number of fused-ring (bicyclic) bond motifs is 2. The van der Waals surface area contributed by atoms with Gasteiger partial charge in [-0.15, -0.1) is 32.9 Å². The topological polar surface area (TPSA) is 83.6 Å². The Hall–Kier alpha value is -2.15. The molecule has 6 nitrogen and oxygen atoms in total. The number of carbonyl (C=O) groups excluding carboxylic acids is 1. The molecule has 0 spiro atoms. The number of nitrogens with zero attached hydrogens (tertiary/aromatic N) is 4. The van der Waals surface area contributed by atoms with Crippen LogP contribution in [0.1, 0.15) is 86.9 Å². The van der Waals surface area contributed by atoms with Crippen molar-refractivity contribution in [2.75, 3.05) is 11.1 Å². The van der Waals surface area contributed by atoms with E-state index in [4.69, 9.17) is 0 Å². The Balaban J connectivity index is 1.30. The minimum Gasteiger partial charge on any atom is -0.316 e. The molecule has 0 saturated heterocycles. The number of nitrogens with one attached hydrogen (secondary N) is 1. The summed E-state index contributed by atoms with van der Waals surface area (Å²) in [5.74, 6) is 2.34. The fraction of sp³-hybridized carbons (Fsp3) is 0.586. The van der Waals surface area contributed by atoms with Crippen LogP contribution >= 0.6 is 34.4 Å². The van der Waals surface area contributed by atoms with Gasteiger partial charge in [0.05, 0.1) is 11.3 Å². The largest absolute Gasteiger partial charge is 0.316 e. The Morgan fingerprint density at radius 3 is 2.68 bits per heavy atom. The highest BCUT2D eigenvalue weighted by molar-refractivity contribution is 7.99. The van der Waals surface area contributed by atoms with Crippen LogP contribution in [0.2, 0.25) is 0 Å². The normalized spacial score (nSPS) is 19.2. The number of hydrogen-bond donors (Lipinski definition) is 1. The summed E-state index contributed by atoms with van der Waals surface area (Å²) in [5, 5.41) is 25.7. The molecule has 3 aromatic rings. The van der Waals surface area contributed by atoms with Crippen LogP contribution in [0.15, 0.2) is 10.5 Å². The summed E-state index contributed by atoms with van der Waals surface area (Å²) in [5.41, 5.74) is 4.65. The Kier molecular flexibility index (Phi) is 7.78. The van der Waals surface area contributed by atoms with Crippen LogP contribution < -0.4 is 5.32 Å². The standard InChI is InChI=1S/C29H37N5OS3/c1-16(2)34-26(22-14-36-23-11-17(3)7-9-20(22)23)32-33-28(34)37-15-25(35)31-27-21(13-30)19-10-8-18(29(4,5)6)12-24(19)38-27/h14,16-18H,7-12,15H2,1-6H3,(H,31,35). The summed E-state index contributed by atoms with van der Waals surface area (Å²) in [6.07, 6.45) is 6.42. The second-order valence-electron chi connectivity index (χ2n) is 12.1. The van der Waals surface area contributed by atoms with E-state index >= 15 is 0 Å². The van der Waals surface area contributed by atoms with Crippen LogP contribution in [0.25, 0.3) is 11.4 Å². The number of rotatable bonds is 6. The Morgan fingerprint density at radius 2 is 1.97 bits per heavy atom. The van der Waals surface area contributed by atoms with Gasteiger partial charge in [0.15, 0.2) is 11.0 Å². The first-order valence-electron chi connectivity index (χ1n) is 13.6. The second-order valence-corrected chi connectivity index (χ2v) is 15.1. The first-order chi connectivity index (χ1) is 18.1. The molecule has 202 valence electrons. The molecule has 0 radical (unpaired) electrons. The van der Waals surface area contributed by atoms with Crippen LogP contribution in [0.4, 0.5) is 5.00 Å². The zero-order valence-corrected chi connectivity index (χ0v) is 25.6. The molecule has 0 aromatic carbocycles. The van der Waals surface area contributed by atoms with Crippen molar-refractivity contribution in [2.45, 2.75) is 91.3 Å². The molecule has 2 aliphatic rings. The third-order valence-electron chi connectivity index (χ3n) is 8.01. The summed E-state index contributed by atoms with van der Waals surface area (Å²) in [6, 6.07) is 2.55. The monoisotopic (exact) mass is 567 g/mol. The number of thiophene rings is 2. The lowest BCUT2D eigenvalue weighted by atomic mass is 9.72. The van der Waals surface area contributed by atoms with E-state index in [2.05, 4.69) is 73.1 Å². The van der Waals surface area contributed by atoms with Crippen LogP contribution in [-0.2, 0) is 30.5 Å². The van der Waals surface area contributed by atoms with Gasteiger partial charge in [-0.25, -0.2) is 0 Å². The molecule has 3 aromatic heterocycles. The van der Waals surface area contributed by atoms with Gasteiger partial charge < -0.3 is 5.32 Å². The lowest BCUT2D eigenvalue weighted by Gasteiger charge is -2.33. The molecule has 2 aliphatic carbocycles. The molecular weight excluding hydrogens is 531 g/mol. The zero-order chi connectivity index (χ0) is 27.2. The maximum atomic E-state index is 13.0. The number of hydrogen-bond acceptors (Lipinski definition) is 7. The summed E-state index contributed by atoms with van der Waals surface area (Å²) in [4.78, 5) is 15.8. The SMILES string of the molecule is CC1CCc2c(-c3nnc(SCC(=O)Nc4sc5c(c4C#N)CCC(C(C)(C)C)C5)n3C(C)C)csc2C1. The van der Waals surface area contributed by atoms with Crippen molar-refractivity contribution in [1.82, 2.24) is 14.8 Å². The van der Waals surface area contributed by atoms with Crippen molar-refractivity contribution in [1.29, 1.82) is 5.26 Å². The Bertz CT molecular complexity index is 1380. The fourth-order valence-corrected chi connectivity index (χ4v) is 9.12. The van der Waals surface area contributed by atoms with E-state index in [1.807, 2.05) is 11.3 Å². The van der Waals surface area contributed by atoms with E-state index in [0.717, 1.165) is 54.6 Å². The van der Waals surface area contributed by atoms with E-state index in [1.54, 1.807) is 11.3 Å². The van der Waals surface area contributed by atoms with Crippen molar-refractivity contribution in [3.63, 3.8) is 0 Å². The number of anilines is 1. The van der Waals surface area contributed by atoms with Gasteiger partial charge in [0, 0.05) is 26.7 Å². The molecule has 1 N–H and O–H groups in total. The summed E-state index contributed by atoms with van der Waals surface area (Å²) >= 11 is 4.84. The number of amides is 1. The number of aromatic nitrogens is 3. The number of carbonyl (C=O) groups is 1. The lowest BCUT2D eigenvalue weighted by Crippen LogP contribution is -2.26. The molecule has 0 fully saturated rings. The molecule has 0 bridgehead atoms. The van der Waals surface area contributed by atoms with Crippen molar-refractivity contribution in [3.05, 3.63) is 31.8 Å². The summed E-state index contributed by atoms with van der Waals surface area (Å²) in [7, 11) is 0. The second kappa shape index (κ2) is 10.8. The minimum atomic E-state index is -0.112. The van der Waals surface area contributed by atoms with Crippen molar-refractivity contribution in [3.8, 4) is 17.5 Å². The van der Waals surface area contributed by atoms with Gasteiger partial charge in [-0.3, -0.25) is 9.36 Å². The fourth-order valence-electron chi connectivity index (χ4n) is 5.71.